The van der Waals surface area contributed by atoms with Gasteiger partial charge in [0.05, 0.1) is 4.99 Å². The number of nitrogens with two attached hydrogens (primary N) is 1. The van der Waals surface area contributed by atoms with Crippen LogP contribution in [0.5, 0.6) is 5.75 Å². The van der Waals surface area contributed by atoms with E-state index in [9.17, 15) is 9.90 Å². The number of thiocarbonyl (C=S) groups is 1. The maximum absolute atomic E-state index is 12.1. The second kappa shape index (κ2) is 7.56. The first-order valence-corrected chi connectivity index (χ1v) is 7.39. The summed E-state index contributed by atoms with van der Waals surface area (Å²) in [5.74, 6) is 0.117. The number of carbonyl (C=O) groups is 1. The molecule has 0 saturated carbocycles. The molecule has 5 heteroatoms. The highest BCUT2D eigenvalue weighted by molar-refractivity contribution is 7.80. The predicted molar refractivity (Wildman–Crippen MR) is 91.1 cm³/mol. The van der Waals surface area contributed by atoms with Gasteiger partial charge in [-0.05, 0) is 41.8 Å². The molecule has 0 aliphatic carbocycles. The molecule has 0 saturated heterocycles. The van der Waals surface area contributed by atoms with Gasteiger partial charge in [-0.15, -0.1) is 0 Å². The number of hydrogen-bond acceptors (Lipinski definition) is 3. The Hall–Kier alpha value is -2.40. The molecule has 0 fully saturated rings. The van der Waals surface area contributed by atoms with Crippen LogP contribution in [0.2, 0.25) is 0 Å². The molecule has 114 valence electrons. The Kier molecular flexibility index (Phi) is 5.49. The zero-order valence-electron chi connectivity index (χ0n) is 12.1. The van der Waals surface area contributed by atoms with Gasteiger partial charge in [0.15, 0.2) is 0 Å². The van der Waals surface area contributed by atoms with E-state index in [1.807, 2.05) is 24.3 Å². The summed E-state index contributed by atoms with van der Waals surface area (Å²) in [4.78, 5) is 12.5. The summed E-state index contributed by atoms with van der Waals surface area (Å²) in [5, 5.41) is 12.1. The maximum Gasteiger partial charge on any atom is 0.251 e. The van der Waals surface area contributed by atoms with Gasteiger partial charge in [0.1, 0.15) is 5.75 Å². The molecule has 0 radical (unpaired) electrons. The average molecular weight is 314 g/mol. The van der Waals surface area contributed by atoms with Crippen molar-refractivity contribution < 1.29 is 9.90 Å². The number of rotatable bonds is 6. The van der Waals surface area contributed by atoms with Gasteiger partial charge in [-0.2, -0.15) is 0 Å². The van der Waals surface area contributed by atoms with E-state index in [0.717, 1.165) is 11.1 Å². The van der Waals surface area contributed by atoms with Crippen LogP contribution in [0.4, 0.5) is 0 Å². The second-order valence-electron chi connectivity index (χ2n) is 5.02. The van der Waals surface area contributed by atoms with Crippen molar-refractivity contribution in [3.63, 3.8) is 0 Å². The number of aromatic hydroxyl groups is 1. The number of amides is 1. The van der Waals surface area contributed by atoms with E-state index in [4.69, 9.17) is 18.0 Å². The van der Waals surface area contributed by atoms with E-state index >= 15 is 0 Å². The van der Waals surface area contributed by atoms with Gasteiger partial charge < -0.3 is 16.2 Å². The summed E-state index contributed by atoms with van der Waals surface area (Å²) < 4.78 is 0. The topological polar surface area (TPSA) is 75.4 Å². The highest BCUT2D eigenvalue weighted by Gasteiger charge is 2.06. The molecule has 0 atom stereocenters. The summed E-state index contributed by atoms with van der Waals surface area (Å²) in [6.45, 7) is 0.531. The normalized spacial score (nSPS) is 10.2. The molecule has 4 N–H and O–H groups in total. The summed E-state index contributed by atoms with van der Waals surface area (Å²) in [5.41, 5.74) is 8.10. The van der Waals surface area contributed by atoms with Gasteiger partial charge in [0.2, 0.25) is 0 Å². The minimum Gasteiger partial charge on any atom is -0.508 e. The lowest BCUT2D eigenvalue weighted by Gasteiger charge is -2.07. The lowest BCUT2D eigenvalue weighted by atomic mass is 10.1. The largest absolute Gasteiger partial charge is 0.508 e. The van der Waals surface area contributed by atoms with Crippen molar-refractivity contribution in [3.8, 4) is 5.75 Å². The highest BCUT2D eigenvalue weighted by atomic mass is 32.1. The molecular formula is C17H18N2O2S. The number of hydrogen-bond donors (Lipinski definition) is 3. The van der Waals surface area contributed by atoms with Crippen molar-refractivity contribution in [2.45, 2.75) is 12.8 Å². The number of nitrogens with one attached hydrogen (secondary N) is 1. The fourth-order valence-corrected chi connectivity index (χ4v) is 2.28. The van der Waals surface area contributed by atoms with Crippen molar-refractivity contribution in [1.82, 2.24) is 5.32 Å². The summed E-state index contributed by atoms with van der Waals surface area (Å²) in [7, 11) is 0. The Morgan fingerprint density at radius 2 is 1.86 bits per heavy atom. The van der Waals surface area contributed by atoms with E-state index in [0.29, 0.717) is 29.9 Å². The number of benzene rings is 2. The van der Waals surface area contributed by atoms with Crippen molar-refractivity contribution in [2.75, 3.05) is 6.54 Å². The molecule has 2 aromatic carbocycles. The van der Waals surface area contributed by atoms with Crippen LogP contribution in [0.15, 0.2) is 48.5 Å². The minimum absolute atomic E-state index is 0.122. The lowest BCUT2D eigenvalue weighted by molar-refractivity contribution is 0.0954. The quantitative estimate of drug-likeness (QED) is 0.715. The zero-order valence-corrected chi connectivity index (χ0v) is 12.9. The zero-order chi connectivity index (χ0) is 15.9. The molecule has 22 heavy (non-hydrogen) atoms. The molecule has 0 bridgehead atoms. The molecule has 0 aromatic heterocycles. The van der Waals surface area contributed by atoms with Crippen LogP contribution in [0.3, 0.4) is 0 Å². The van der Waals surface area contributed by atoms with Crippen molar-refractivity contribution in [2.24, 2.45) is 5.73 Å². The van der Waals surface area contributed by atoms with E-state index < -0.39 is 0 Å². The number of carbonyl (C=O) groups excluding carboxylic acids is 1. The number of phenols is 1. The van der Waals surface area contributed by atoms with Gasteiger partial charge in [-0.25, -0.2) is 0 Å². The number of phenolic OH excluding ortho intramolecular Hbond substituents is 1. The molecule has 0 aliphatic heterocycles. The predicted octanol–water partition coefficient (Wildman–Crippen LogP) is 2.19. The van der Waals surface area contributed by atoms with Crippen LogP contribution in [-0.4, -0.2) is 22.5 Å². The van der Waals surface area contributed by atoms with Crippen LogP contribution < -0.4 is 11.1 Å². The van der Waals surface area contributed by atoms with Crippen LogP contribution in [-0.2, 0) is 12.8 Å². The van der Waals surface area contributed by atoms with Crippen molar-refractivity contribution in [3.05, 3.63) is 65.2 Å². The Morgan fingerprint density at radius 3 is 2.55 bits per heavy atom. The van der Waals surface area contributed by atoms with E-state index in [-0.39, 0.29) is 11.7 Å². The van der Waals surface area contributed by atoms with Crippen LogP contribution in [0.25, 0.3) is 0 Å². The molecule has 0 spiro atoms. The minimum atomic E-state index is -0.122. The third-order valence-corrected chi connectivity index (χ3v) is 3.35. The molecule has 0 heterocycles. The van der Waals surface area contributed by atoms with Crippen molar-refractivity contribution >= 4 is 23.1 Å². The fourth-order valence-electron chi connectivity index (χ4n) is 2.11. The van der Waals surface area contributed by atoms with Crippen LogP contribution in [0, 0.1) is 0 Å². The van der Waals surface area contributed by atoms with Gasteiger partial charge in [-0.3, -0.25) is 4.79 Å². The van der Waals surface area contributed by atoms with E-state index in [2.05, 4.69) is 5.32 Å². The van der Waals surface area contributed by atoms with Gasteiger partial charge in [0, 0.05) is 18.5 Å². The Morgan fingerprint density at radius 1 is 1.14 bits per heavy atom. The van der Waals surface area contributed by atoms with Crippen LogP contribution >= 0.6 is 12.2 Å². The standard InChI is InChI=1S/C17H18N2O2S/c18-16(22)11-13-2-1-3-14(10-13)17(21)19-9-8-12-4-6-15(20)7-5-12/h1-7,10,20H,8-9,11H2,(H2,18,22)(H,19,21). The monoisotopic (exact) mass is 314 g/mol. The maximum atomic E-state index is 12.1. The molecule has 1 amide bonds. The molecule has 4 nitrogen and oxygen atoms in total. The first-order chi connectivity index (χ1) is 10.5. The molecule has 2 aromatic rings. The van der Waals surface area contributed by atoms with E-state index in [1.54, 1.807) is 24.3 Å². The van der Waals surface area contributed by atoms with Gasteiger partial charge in [-0.1, -0.05) is 36.5 Å². The van der Waals surface area contributed by atoms with Gasteiger partial charge >= 0.3 is 0 Å². The molecule has 0 unspecified atom stereocenters. The highest BCUT2D eigenvalue weighted by Crippen LogP contribution is 2.10. The smallest absolute Gasteiger partial charge is 0.251 e. The molecule has 0 aliphatic rings. The average Bonchev–Trinajstić information content (AvgIpc) is 2.49. The second-order valence-corrected chi connectivity index (χ2v) is 5.54. The third kappa shape index (κ3) is 4.86. The molecular weight excluding hydrogens is 296 g/mol. The Balaban J connectivity index is 1.89. The molecule has 2 rings (SSSR count). The SMILES string of the molecule is NC(=S)Cc1cccc(C(=O)NCCc2ccc(O)cc2)c1. The third-order valence-electron chi connectivity index (χ3n) is 3.20. The van der Waals surface area contributed by atoms with Crippen molar-refractivity contribution in [1.29, 1.82) is 0 Å². The Bertz CT molecular complexity index is 669. The Labute approximate surface area is 135 Å². The summed E-state index contributed by atoms with van der Waals surface area (Å²) in [6, 6.07) is 14.2. The lowest BCUT2D eigenvalue weighted by Crippen LogP contribution is -2.25. The fraction of sp³-hybridized carbons (Fsp3) is 0.176. The summed E-state index contributed by atoms with van der Waals surface area (Å²) in [6.07, 6.45) is 1.20. The van der Waals surface area contributed by atoms with E-state index in [1.165, 1.54) is 0 Å². The van der Waals surface area contributed by atoms with Crippen LogP contribution in [0.1, 0.15) is 21.5 Å². The summed E-state index contributed by atoms with van der Waals surface area (Å²) >= 11 is 4.88. The first-order valence-electron chi connectivity index (χ1n) is 6.98. The van der Waals surface area contributed by atoms with Gasteiger partial charge in [0.25, 0.3) is 5.91 Å². The first kappa shape index (κ1) is 16.0.